The van der Waals surface area contributed by atoms with E-state index in [2.05, 4.69) is 41.1 Å². The molecule has 10 heteroatoms. The first-order valence-corrected chi connectivity index (χ1v) is 13.0. The molecule has 9 nitrogen and oxygen atoms in total. The van der Waals surface area contributed by atoms with Gasteiger partial charge >= 0.3 is 6.03 Å². The van der Waals surface area contributed by atoms with E-state index in [4.69, 9.17) is 0 Å². The van der Waals surface area contributed by atoms with Gasteiger partial charge in [0.2, 0.25) is 0 Å². The summed E-state index contributed by atoms with van der Waals surface area (Å²) in [5.41, 5.74) is 6.81. The molecule has 0 spiro atoms. The van der Waals surface area contributed by atoms with Crippen LogP contribution in [0.3, 0.4) is 0 Å². The van der Waals surface area contributed by atoms with Gasteiger partial charge in [0.1, 0.15) is 5.82 Å². The first kappa shape index (κ1) is 25.2. The van der Waals surface area contributed by atoms with Crippen LogP contribution in [-0.4, -0.2) is 44.7 Å². The van der Waals surface area contributed by atoms with Gasteiger partial charge in [-0.3, -0.25) is 4.98 Å². The van der Waals surface area contributed by atoms with Crippen LogP contribution in [0.5, 0.6) is 0 Å². The molecule has 3 aromatic carbocycles. The molecule has 1 aliphatic heterocycles. The Morgan fingerprint density at radius 3 is 2.58 bits per heavy atom. The van der Waals surface area contributed by atoms with Crippen molar-refractivity contribution in [3.8, 4) is 22.5 Å². The van der Waals surface area contributed by atoms with Crippen molar-refractivity contribution in [1.82, 2.24) is 25.6 Å². The van der Waals surface area contributed by atoms with Crippen molar-refractivity contribution in [3.05, 3.63) is 102 Å². The highest BCUT2D eigenvalue weighted by atomic mass is 19.1. The molecular formula is C30H27FN8O. The Bertz CT molecular complexity index is 1620. The van der Waals surface area contributed by atoms with Crippen LogP contribution in [0.2, 0.25) is 0 Å². The standard InChI is InChI=1S/C30H27FN8O/c1-19-6-12-24(17-32-19)33-30(40)34-27-16-21(25-4-2-3-5-26(25)29-35-37-38-36-29)9-13-28(27)39-15-14-22(18-39)20-7-10-23(31)11-8-20/h2-13,16-17,22H,14-15,18H2,1H3,(H2,33,34,40)(H,35,36,37,38). The highest BCUT2D eigenvalue weighted by Gasteiger charge is 2.26. The predicted molar refractivity (Wildman–Crippen MR) is 153 cm³/mol. The third-order valence-corrected chi connectivity index (χ3v) is 7.12. The number of tetrazole rings is 1. The number of aromatic amines is 1. The quantitative estimate of drug-likeness (QED) is 0.246. The number of H-pyrrole nitrogens is 1. The number of rotatable bonds is 6. The number of halogens is 1. The number of carbonyl (C=O) groups is 1. The van der Waals surface area contributed by atoms with Gasteiger partial charge < -0.3 is 15.5 Å². The molecule has 2 aromatic heterocycles. The van der Waals surface area contributed by atoms with Crippen LogP contribution >= 0.6 is 0 Å². The molecule has 0 bridgehead atoms. The summed E-state index contributed by atoms with van der Waals surface area (Å²) in [6.07, 6.45) is 2.55. The lowest BCUT2D eigenvalue weighted by molar-refractivity contribution is 0.262. The fourth-order valence-corrected chi connectivity index (χ4v) is 5.11. The van der Waals surface area contributed by atoms with Crippen LogP contribution in [0.15, 0.2) is 85.1 Å². The average Bonchev–Trinajstić information content (AvgIpc) is 3.68. The summed E-state index contributed by atoms with van der Waals surface area (Å²) < 4.78 is 13.5. The van der Waals surface area contributed by atoms with E-state index in [0.717, 1.165) is 53.1 Å². The van der Waals surface area contributed by atoms with Crippen molar-refractivity contribution in [3.63, 3.8) is 0 Å². The van der Waals surface area contributed by atoms with Gasteiger partial charge in [0.25, 0.3) is 0 Å². The topological polar surface area (TPSA) is 112 Å². The Hall–Kier alpha value is -5.12. The Kier molecular flexibility index (Phi) is 6.88. The van der Waals surface area contributed by atoms with E-state index < -0.39 is 0 Å². The van der Waals surface area contributed by atoms with Gasteiger partial charge in [-0.15, -0.1) is 5.10 Å². The van der Waals surface area contributed by atoms with Gasteiger partial charge in [-0.05, 0) is 76.9 Å². The largest absolute Gasteiger partial charge is 0.369 e. The zero-order chi connectivity index (χ0) is 27.5. The van der Waals surface area contributed by atoms with Gasteiger partial charge in [0.15, 0.2) is 5.82 Å². The smallest absolute Gasteiger partial charge is 0.323 e. The highest BCUT2D eigenvalue weighted by molar-refractivity contribution is 6.02. The summed E-state index contributed by atoms with van der Waals surface area (Å²) in [6.45, 7) is 3.45. The lowest BCUT2D eigenvalue weighted by atomic mass is 9.98. The second-order valence-corrected chi connectivity index (χ2v) is 9.78. The third kappa shape index (κ3) is 5.37. The number of benzene rings is 3. The number of hydrogen-bond acceptors (Lipinski definition) is 6. The zero-order valence-corrected chi connectivity index (χ0v) is 21.8. The molecule has 1 saturated heterocycles. The number of nitrogens with zero attached hydrogens (tertiary/aromatic N) is 5. The van der Waals surface area contributed by atoms with Crippen LogP contribution in [-0.2, 0) is 0 Å². The van der Waals surface area contributed by atoms with Crippen LogP contribution in [0, 0.1) is 12.7 Å². The summed E-state index contributed by atoms with van der Waals surface area (Å²) in [5.74, 6) is 0.581. The Balaban J connectivity index is 1.33. The molecule has 3 N–H and O–H groups in total. The Morgan fingerprint density at radius 1 is 1.00 bits per heavy atom. The highest BCUT2D eigenvalue weighted by Crippen LogP contribution is 2.39. The SMILES string of the molecule is Cc1ccc(NC(=O)Nc2cc(-c3ccccc3-c3nnn[nH]3)ccc2N2CCC(c3ccc(F)cc3)C2)cn1. The third-order valence-electron chi connectivity index (χ3n) is 7.12. The van der Waals surface area contributed by atoms with E-state index in [1.807, 2.05) is 73.7 Å². The molecule has 5 aromatic rings. The van der Waals surface area contributed by atoms with E-state index in [1.165, 1.54) is 12.1 Å². The minimum atomic E-state index is -0.369. The molecule has 1 unspecified atom stereocenters. The lowest BCUT2D eigenvalue weighted by Crippen LogP contribution is -2.24. The van der Waals surface area contributed by atoms with E-state index in [9.17, 15) is 9.18 Å². The Labute approximate surface area is 230 Å². The lowest BCUT2D eigenvalue weighted by Gasteiger charge is -2.24. The number of urea groups is 1. The number of nitrogens with one attached hydrogen (secondary N) is 3. The number of carbonyl (C=O) groups excluding carboxylic acids is 1. The van der Waals surface area contributed by atoms with E-state index in [0.29, 0.717) is 17.2 Å². The zero-order valence-electron chi connectivity index (χ0n) is 21.8. The molecular weight excluding hydrogens is 507 g/mol. The number of pyridine rings is 1. The van der Waals surface area contributed by atoms with Crippen molar-refractivity contribution >= 4 is 23.1 Å². The van der Waals surface area contributed by atoms with Gasteiger partial charge in [-0.25, -0.2) is 14.3 Å². The number of aryl methyl sites for hydroxylation is 1. The normalized spacial score (nSPS) is 14.8. The van der Waals surface area contributed by atoms with E-state index in [1.54, 1.807) is 6.20 Å². The molecule has 1 atom stereocenters. The summed E-state index contributed by atoms with van der Waals surface area (Å²) in [5, 5.41) is 20.3. The molecule has 0 aliphatic carbocycles. The van der Waals surface area contributed by atoms with Crippen molar-refractivity contribution in [2.75, 3.05) is 28.6 Å². The van der Waals surface area contributed by atoms with Crippen molar-refractivity contribution in [2.45, 2.75) is 19.3 Å². The number of anilines is 3. The average molecular weight is 535 g/mol. The molecule has 2 amide bonds. The maximum Gasteiger partial charge on any atom is 0.323 e. The second kappa shape index (κ2) is 10.9. The van der Waals surface area contributed by atoms with Gasteiger partial charge in [-0.2, -0.15) is 0 Å². The molecule has 1 aliphatic rings. The number of hydrogen-bond donors (Lipinski definition) is 3. The molecule has 3 heterocycles. The summed E-state index contributed by atoms with van der Waals surface area (Å²) >= 11 is 0. The predicted octanol–water partition coefficient (Wildman–Crippen LogP) is 6.01. The van der Waals surface area contributed by atoms with E-state index >= 15 is 0 Å². The van der Waals surface area contributed by atoms with Crippen molar-refractivity contribution in [1.29, 1.82) is 0 Å². The molecule has 0 saturated carbocycles. The van der Waals surface area contributed by atoms with Crippen LogP contribution < -0.4 is 15.5 Å². The fourth-order valence-electron chi connectivity index (χ4n) is 5.11. The monoisotopic (exact) mass is 534 g/mol. The van der Waals surface area contributed by atoms with Gasteiger partial charge in [0, 0.05) is 30.3 Å². The number of aromatic nitrogens is 5. The fraction of sp³-hybridized carbons (Fsp3) is 0.167. The Morgan fingerprint density at radius 2 is 1.82 bits per heavy atom. The van der Waals surface area contributed by atoms with Crippen molar-refractivity contribution in [2.24, 2.45) is 0 Å². The molecule has 0 radical (unpaired) electrons. The molecule has 6 rings (SSSR count). The minimum absolute atomic E-state index is 0.239. The maximum atomic E-state index is 13.5. The van der Waals surface area contributed by atoms with Crippen LogP contribution in [0.25, 0.3) is 22.5 Å². The summed E-state index contributed by atoms with van der Waals surface area (Å²) in [7, 11) is 0. The minimum Gasteiger partial charge on any atom is -0.369 e. The maximum absolute atomic E-state index is 13.5. The van der Waals surface area contributed by atoms with Gasteiger partial charge in [0.05, 0.1) is 23.3 Å². The number of amides is 2. The molecule has 200 valence electrons. The van der Waals surface area contributed by atoms with E-state index in [-0.39, 0.29) is 17.8 Å². The summed E-state index contributed by atoms with van der Waals surface area (Å²) in [4.78, 5) is 19.6. The first-order valence-electron chi connectivity index (χ1n) is 13.0. The van der Waals surface area contributed by atoms with Crippen molar-refractivity contribution < 1.29 is 9.18 Å². The molecule has 40 heavy (non-hydrogen) atoms. The van der Waals surface area contributed by atoms with Gasteiger partial charge in [-0.1, -0.05) is 42.5 Å². The first-order chi connectivity index (χ1) is 19.5. The van der Waals surface area contributed by atoms with Crippen LogP contribution in [0.4, 0.5) is 26.2 Å². The summed E-state index contributed by atoms with van der Waals surface area (Å²) in [6, 6.07) is 23.9. The van der Waals surface area contributed by atoms with Crippen LogP contribution in [0.1, 0.15) is 23.6 Å². The molecule has 1 fully saturated rings. The second-order valence-electron chi connectivity index (χ2n) is 9.78.